The highest BCUT2D eigenvalue weighted by atomic mass is 35.5. The van der Waals surface area contributed by atoms with E-state index in [1.165, 1.54) is 24.6 Å². The molecule has 3 aromatic rings. The summed E-state index contributed by atoms with van der Waals surface area (Å²) in [6.07, 6.45) is 2.79. The first-order chi connectivity index (χ1) is 12.0. The minimum absolute atomic E-state index is 0.0401. The van der Waals surface area contributed by atoms with E-state index >= 15 is 0 Å². The highest BCUT2D eigenvalue weighted by Crippen LogP contribution is 2.22. The highest BCUT2D eigenvalue weighted by Gasteiger charge is 2.03. The van der Waals surface area contributed by atoms with E-state index in [2.05, 4.69) is 25.2 Å². The molecule has 0 aliphatic carbocycles. The Hall–Kier alpha value is -2.90. The number of nitrogens with zero attached hydrogens (tertiary/aromatic N) is 4. The maximum absolute atomic E-state index is 9.72. The average molecular weight is 376 g/mol. The lowest BCUT2D eigenvalue weighted by Gasteiger charge is -1.97. The summed E-state index contributed by atoms with van der Waals surface area (Å²) >= 11 is 11.7. The maximum atomic E-state index is 9.72. The first-order valence-electron chi connectivity index (χ1n) is 6.99. The van der Waals surface area contributed by atoms with Crippen LogP contribution < -0.4 is 0 Å². The molecule has 0 saturated heterocycles. The van der Waals surface area contributed by atoms with Gasteiger partial charge in [0.25, 0.3) is 5.95 Å². The van der Waals surface area contributed by atoms with Crippen molar-refractivity contribution in [2.24, 2.45) is 9.98 Å². The molecule has 0 bridgehead atoms. The molecule has 3 rings (SSSR count). The number of benzene rings is 2. The van der Waals surface area contributed by atoms with Crippen LogP contribution in [-0.2, 0) is 0 Å². The number of aromatic amines is 1. The molecular weight excluding hydrogens is 365 g/mol. The predicted molar refractivity (Wildman–Crippen MR) is 97.1 cm³/mol. The number of nitrogens with one attached hydrogen (secondary N) is 1. The fourth-order valence-corrected chi connectivity index (χ4v) is 2.24. The number of phenols is 2. The van der Waals surface area contributed by atoms with Crippen LogP contribution in [0.2, 0.25) is 10.0 Å². The number of aromatic hydroxyl groups is 2. The van der Waals surface area contributed by atoms with Crippen molar-refractivity contribution in [2.45, 2.75) is 0 Å². The van der Waals surface area contributed by atoms with Crippen molar-refractivity contribution in [3.63, 3.8) is 0 Å². The summed E-state index contributed by atoms with van der Waals surface area (Å²) in [5.74, 6) is 0.407. The van der Waals surface area contributed by atoms with Crippen LogP contribution in [0.5, 0.6) is 11.5 Å². The molecule has 9 heteroatoms. The zero-order valence-corrected chi connectivity index (χ0v) is 14.1. The van der Waals surface area contributed by atoms with Gasteiger partial charge in [0.2, 0.25) is 5.95 Å². The summed E-state index contributed by atoms with van der Waals surface area (Å²) in [5.41, 5.74) is 0.879. The van der Waals surface area contributed by atoms with Crippen molar-refractivity contribution >= 4 is 47.5 Å². The van der Waals surface area contributed by atoms with Gasteiger partial charge in [0.1, 0.15) is 11.5 Å². The van der Waals surface area contributed by atoms with E-state index < -0.39 is 0 Å². The van der Waals surface area contributed by atoms with Crippen LogP contribution >= 0.6 is 23.2 Å². The van der Waals surface area contributed by atoms with E-state index in [4.69, 9.17) is 23.2 Å². The molecule has 7 nitrogen and oxygen atoms in total. The van der Waals surface area contributed by atoms with Gasteiger partial charge < -0.3 is 10.2 Å². The first-order valence-corrected chi connectivity index (χ1v) is 7.74. The van der Waals surface area contributed by atoms with E-state index in [1.54, 1.807) is 24.3 Å². The second-order valence-corrected chi connectivity index (χ2v) is 5.75. The third-order valence-corrected chi connectivity index (χ3v) is 3.56. The van der Waals surface area contributed by atoms with E-state index in [-0.39, 0.29) is 23.4 Å². The van der Waals surface area contributed by atoms with E-state index in [0.29, 0.717) is 21.2 Å². The van der Waals surface area contributed by atoms with Crippen molar-refractivity contribution in [2.75, 3.05) is 0 Å². The van der Waals surface area contributed by atoms with Gasteiger partial charge in [0.05, 0.1) is 0 Å². The van der Waals surface area contributed by atoms with Crippen LogP contribution in [0.15, 0.2) is 46.4 Å². The van der Waals surface area contributed by atoms with Gasteiger partial charge in [0.15, 0.2) is 0 Å². The molecule has 2 aromatic carbocycles. The zero-order valence-electron chi connectivity index (χ0n) is 12.6. The normalized spacial score (nSPS) is 11.6. The number of aliphatic imine (C=N–C) groups is 2. The topological polar surface area (TPSA) is 107 Å². The third-order valence-electron chi connectivity index (χ3n) is 3.09. The fourth-order valence-electron chi connectivity index (χ4n) is 1.88. The lowest BCUT2D eigenvalue weighted by molar-refractivity contribution is 0.474. The Bertz CT molecular complexity index is 893. The van der Waals surface area contributed by atoms with Gasteiger partial charge in [-0.3, -0.25) is 0 Å². The van der Waals surface area contributed by atoms with Crippen molar-refractivity contribution in [3.8, 4) is 11.5 Å². The van der Waals surface area contributed by atoms with Gasteiger partial charge in [-0.2, -0.15) is 4.98 Å². The molecule has 0 aliphatic rings. The second kappa shape index (κ2) is 7.33. The van der Waals surface area contributed by atoms with Gasteiger partial charge in [-0.05, 0) is 36.4 Å². The van der Waals surface area contributed by atoms with Crippen molar-refractivity contribution in [3.05, 3.63) is 57.6 Å². The zero-order chi connectivity index (χ0) is 17.8. The molecule has 0 radical (unpaired) electrons. The number of H-pyrrole nitrogens is 1. The number of halogens is 2. The summed E-state index contributed by atoms with van der Waals surface area (Å²) in [6.45, 7) is 0. The van der Waals surface area contributed by atoms with Crippen LogP contribution in [0.25, 0.3) is 0 Å². The first kappa shape index (κ1) is 16.9. The summed E-state index contributed by atoms with van der Waals surface area (Å²) in [7, 11) is 0. The molecule has 3 N–H and O–H groups in total. The van der Waals surface area contributed by atoms with Crippen LogP contribution in [0.1, 0.15) is 11.1 Å². The SMILES string of the molecule is Oc1ccc(Cl)cc1/C=N/c1n[nH]c(/N=C/c2cc(Cl)ccc2O)n1. The lowest BCUT2D eigenvalue weighted by Crippen LogP contribution is -1.83. The Morgan fingerprint density at radius 3 is 2.04 bits per heavy atom. The number of hydrogen-bond acceptors (Lipinski definition) is 6. The minimum atomic E-state index is 0.0401. The molecule has 1 aromatic heterocycles. The van der Waals surface area contributed by atoms with Crippen LogP contribution in [-0.4, -0.2) is 37.8 Å². The Morgan fingerprint density at radius 2 is 1.44 bits per heavy atom. The molecule has 25 heavy (non-hydrogen) atoms. The summed E-state index contributed by atoms with van der Waals surface area (Å²) in [5, 5.41) is 26.9. The van der Waals surface area contributed by atoms with Gasteiger partial charge in [-0.15, -0.1) is 5.10 Å². The van der Waals surface area contributed by atoms with Crippen molar-refractivity contribution in [1.29, 1.82) is 0 Å². The molecule has 0 amide bonds. The highest BCUT2D eigenvalue weighted by molar-refractivity contribution is 6.31. The van der Waals surface area contributed by atoms with Crippen LogP contribution in [0, 0.1) is 0 Å². The van der Waals surface area contributed by atoms with Crippen molar-refractivity contribution < 1.29 is 10.2 Å². The van der Waals surface area contributed by atoms with Gasteiger partial charge in [-0.1, -0.05) is 23.2 Å². The van der Waals surface area contributed by atoms with E-state index in [1.807, 2.05) is 0 Å². The Labute approximate surface area is 152 Å². The smallest absolute Gasteiger partial charge is 0.269 e. The lowest BCUT2D eigenvalue weighted by atomic mass is 10.2. The molecular formula is C16H11Cl2N5O2. The number of rotatable bonds is 4. The number of hydrogen-bond donors (Lipinski definition) is 3. The monoisotopic (exact) mass is 375 g/mol. The van der Waals surface area contributed by atoms with Crippen LogP contribution in [0.3, 0.4) is 0 Å². The largest absolute Gasteiger partial charge is 0.507 e. The van der Waals surface area contributed by atoms with E-state index in [0.717, 1.165) is 0 Å². The van der Waals surface area contributed by atoms with E-state index in [9.17, 15) is 10.2 Å². The molecule has 0 saturated carbocycles. The number of aromatic nitrogens is 3. The average Bonchev–Trinajstić information content (AvgIpc) is 3.04. The van der Waals surface area contributed by atoms with Gasteiger partial charge in [-0.25, -0.2) is 15.1 Å². The molecule has 1 heterocycles. The molecule has 126 valence electrons. The predicted octanol–water partition coefficient (Wildman–Crippen LogP) is 4.02. The fraction of sp³-hybridized carbons (Fsp3) is 0. The molecule has 0 atom stereocenters. The maximum Gasteiger partial charge on any atom is 0.269 e. The molecule has 0 spiro atoms. The molecule has 0 aliphatic heterocycles. The summed E-state index contributed by atoms with van der Waals surface area (Å²) in [4.78, 5) is 12.2. The van der Waals surface area contributed by atoms with Gasteiger partial charge >= 0.3 is 0 Å². The Morgan fingerprint density at radius 1 is 0.880 bits per heavy atom. The minimum Gasteiger partial charge on any atom is -0.507 e. The third kappa shape index (κ3) is 4.34. The molecule has 0 fully saturated rings. The van der Waals surface area contributed by atoms with Gasteiger partial charge in [0, 0.05) is 33.6 Å². The molecule has 0 unspecified atom stereocenters. The number of phenolic OH excluding ortho intramolecular Hbond substituents is 2. The standard InChI is InChI=1S/C16H11Cl2N5O2/c17-11-1-3-13(24)9(5-11)7-19-15-21-16(23-22-15)20-8-10-6-12(18)2-4-14(10)25/h1-8,24-25H,(H,21,22,23)/b19-7+,20-8+. The quantitative estimate of drug-likeness (QED) is 0.598. The summed E-state index contributed by atoms with van der Waals surface area (Å²) < 4.78 is 0. The Kier molecular flexibility index (Phi) is 4.97. The summed E-state index contributed by atoms with van der Waals surface area (Å²) in [6, 6.07) is 9.21. The van der Waals surface area contributed by atoms with Crippen LogP contribution in [0.4, 0.5) is 11.9 Å². The Balaban J connectivity index is 1.76. The second-order valence-electron chi connectivity index (χ2n) is 4.88. The van der Waals surface area contributed by atoms with Crippen molar-refractivity contribution in [1.82, 2.24) is 15.2 Å².